The van der Waals surface area contributed by atoms with E-state index in [1.807, 2.05) is 0 Å². The fraction of sp³-hybridized carbons (Fsp3) is 0. The fourth-order valence-corrected chi connectivity index (χ4v) is 1.64. The molecule has 0 unspecified atom stereocenters. The van der Waals surface area contributed by atoms with Gasteiger partial charge in [0.05, 0.1) is 16.9 Å². The maximum absolute atomic E-state index is 11.2. The monoisotopic (exact) mass is 248 g/mol. The van der Waals surface area contributed by atoms with E-state index in [-0.39, 0.29) is 16.4 Å². The summed E-state index contributed by atoms with van der Waals surface area (Å²) in [5, 5.41) is 0.159. The quantitative estimate of drug-likeness (QED) is 0.787. The van der Waals surface area contributed by atoms with Crippen molar-refractivity contribution in [2.24, 2.45) is 5.73 Å². The molecule has 0 bridgehead atoms. The summed E-state index contributed by atoms with van der Waals surface area (Å²) in [4.78, 5) is 19.2. The smallest absolute Gasteiger partial charge is 0.250 e. The van der Waals surface area contributed by atoms with Gasteiger partial charge in [0.25, 0.3) is 5.91 Å². The lowest BCUT2D eigenvalue weighted by atomic mass is 10.1. The van der Waals surface area contributed by atoms with E-state index in [0.29, 0.717) is 11.3 Å². The van der Waals surface area contributed by atoms with Crippen LogP contribution in [0.5, 0.6) is 0 Å². The Balaban J connectivity index is 2.67. The SMILES string of the molecule is NC(=O)c1cc(Cl)nc(-c2cccnc2)c1N. The number of amides is 1. The van der Waals surface area contributed by atoms with E-state index in [4.69, 9.17) is 23.1 Å². The topological polar surface area (TPSA) is 94.9 Å². The predicted molar refractivity (Wildman–Crippen MR) is 65.4 cm³/mol. The second-order valence-corrected chi connectivity index (χ2v) is 3.75. The summed E-state index contributed by atoms with van der Waals surface area (Å²) in [7, 11) is 0. The zero-order valence-corrected chi connectivity index (χ0v) is 9.48. The maximum Gasteiger partial charge on any atom is 0.250 e. The number of carbonyl (C=O) groups is 1. The Morgan fingerprint density at radius 3 is 2.76 bits per heavy atom. The highest BCUT2D eigenvalue weighted by Gasteiger charge is 2.14. The van der Waals surface area contributed by atoms with E-state index >= 15 is 0 Å². The van der Waals surface area contributed by atoms with Crippen LogP contribution in [0.3, 0.4) is 0 Å². The summed E-state index contributed by atoms with van der Waals surface area (Å²) in [6, 6.07) is 4.85. The molecule has 2 heterocycles. The molecule has 1 amide bonds. The van der Waals surface area contributed by atoms with Gasteiger partial charge in [-0.2, -0.15) is 0 Å². The first kappa shape index (κ1) is 11.3. The molecule has 0 radical (unpaired) electrons. The molecule has 2 rings (SSSR count). The van der Waals surface area contributed by atoms with E-state index < -0.39 is 5.91 Å². The third-order valence-electron chi connectivity index (χ3n) is 2.23. The maximum atomic E-state index is 11.2. The van der Waals surface area contributed by atoms with Crippen LogP contribution in [0, 0.1) is 0 Å². The van der Waals surface area contributed by atoms with E-state index in [1.54, 1.807) is 24.5 Å². The first-order valence-electron chi connectivity index (χ1n) is 4.76. The van der Waals surface area contributed by atoms with Crippen LogP contribution in [0.15, 0.2) is 30.6 Å². The van der Waals surface area contributed by atoms with E-state index in [2.05, 4.69) is 9.97 Å². The molecular formula is C11H9ClN4O. The standard InChI is InChI=1S/C11H9ClN4O/c12-8-4-7(11(14)17)9(13)10(16-8)6-2-1-3-15-5-6/h1-5H,13H2,(H2,14,17). The lowest BCUT2D eigenvalue weighted by Gasteiger charge is -2.08. The van der Waals surface area contributed by atoms with Crippen molar-refractivity contribution in [3.63, 3.8) is 0 Å². The van der Waals surface area contributed by atoms with Crippen molar-refractivity contribution in [3.05, 3.63) is 41.3 Å². The van der Waals surface area contributed by atoms with Gasteiger partial charge in [-0.1, -0.05) is 11.6 Å². The van der Waals surface area contributed by atoms with Crippen molar-refractivity contribution in [1.82, 2.24) is 9.97 Å². The Morgan fingerprint density at radius 1 is 1.41 bits per heavy atom. The highest BCUT2D eigenvalue weighted by molar-refractivity contribution is 6.30. The molecule has 0 saturated heterocycles. The number of nitrogen functional groups attached to an aromatic ring is 1. The summed E-state index contributed by atoms with van der Waals surface area (Å²) >= 11 is 5.82. The number of carbonyl (C=O) groups excluding carboxylic acids is 1. The normalized spacial score (nSPS) is 10.2. The molecule has 17 heavy (non-hydrogen) atoms. The number of nitrogens with zero attached hydrogens (tertiary/aromatic N) is 2. The second-order valence-electron chi connectivity index (χ2n) is 3.36. The van der Waals surface area contributed by atoms with E-state index in [1.165, 1.54) is 6.07 Å². The minimum absolute atomic E-state index is 0.156. The van der Waals surface area contributed by atoms with E-state index in [9.17, 15) is 4.79 Å². The molecule has 5 nitrogen and oxygen atoms in total. The number of nitrogens with two attached hydrogens (primary N) is 2. The second kappa shape index (κ2) is 4.39. The van der Waals surface area contributed by atoms with Gasteiger partial charge < -0.3 is 11.5 Å². The predicted octanol–water partition coefficient (Wildman–Crippen LogP) is 1.48. The van der Waals surface area contributed by atoms with Gasteiger partial charge in [-0.15, -0.1) is 0 Å². The third kappa shape index (κ3) is 2.19. The van der Waals surface area contributed by atoms with Crippen molar-refractivity contribution in [2.75, 3.05) is 5.73 Å². The van der Waals surface area contributed by atoms with Gasteiger partial charge in [-0.05, 0) is 18.2 Å². The van der Waals surface area contributed by atoms with Crippen LogP contribution in [0.4, 0.5) is 5.69 Å². The van der Waals surface area contributed by atoms with Crippen LogP contribution in [-0.4, -0.2) is 15.9 Å². The lowest BCUT2D eigenvalue weighted by Crippen LogP contribution is -2.14. The van der Waals surface area contributed by atoms with Crippen molar-refractivity contribution < 1.29 is 4.79 Å². The molecule has 0 spiro atoms. The van der Waals surface area contributed by atoms with Crippen LogP contribution in [0.1, 0.15) is 10.4 Å². The summed E-state index contributed by atoms with van der Waals surface area (Å²) in [6.07, 6.45) is 3.21. The van der Waals surface area contributed by atoms with E-state index in [0.717, 1.165) is 0 Å². The Labute approximate surface area is 102 Å². The molecule has 6 heteroatoms. The Morgan fingerprint density at radius 2 is 2.18 bits per heavy atom. The Hall–Kier alpha value is -2.14. The van der Waals surface area contributed by atoms with Gasteiger partial charge in [0.2, 0.25) is 0 Å². The van der Waals surface area contributed by atoms with Gasteiger partial charge >= 0.3 is 0 Å². The summed E-state index contributed by atoms with van der Waals surface area (Å²) in [5.74, 6) is -0.642. The van der Waals surface area contributed by atoms with Crippen molar-refractivity contribution in [3.8, 4) is 11.3 Å². The van der Waals surface area contributed by atoms with Gasteiger partial charge in [-0.25, -0.2) is 4.98 Å². The molecule has 0 saturated carbocycles. The zero-order chi connectivity index (χ0) is 12.4. The highest BCUT2D eigenvalue weighted by atomic mass is 35.5. The average Bonchev–Trinajstić information content (AvgIpc) is 2.32. The number of rotatable bonds is 2. The van der Waals surface area contributed by atoms with Gasteiger partial charge in [0.1, 0.15) is 5.15 Å². The molecule has 2 aromatic rings. The molecule has 0 aliphatic carbocycles. The van der Waals surface area contributed by atoms with Crippen LogP contribution in [0.2, 0.25) is 5.15 Å². The van der Waals surface area contributed by atoms with Crippen LogP contribution in [-0.2, 0) is 0 Å². The Bertz CT molecular complexity index is 571. The first-order valence-corrected chi connectivity index (χ1v) is 5.13. The van der Waals surface area contributed by atoms with Crippen molar-refractivity contribution in [1.29, 1.82) is 0 Å². The molecule has 4 N–H and O–H groups in total. The molecule has 0 aliphatic rings. The molecule has 2 aromatic heterocycles. The molecule has 0 aliphatic heterocycles. The fourth-order valence-electron chi connectivity index (χ4n) is 1.45. The number of hydrogen-bond acceptors (Lipinski definition) is 4. The molecule has 0 fully saturated rings. The zero-order valence-electron chi connectivity index (χ0n) is 8.72. The van der Waals surface area contributed by atoms with Crippen LogP contribution >= 0.6 is 11.6 Å². The molecule has 86 valence electrons. The number of halogens is 1. The molecule has 0 atom stereocenters. The molecule has 0 aromatic carbocycles. The highest BCUT2D eigenvalue weighted by Crippen LogP contribution is 2.28. The minimum atomic E-state index is -0.642. The number of primary amides is 1. The number of anilines is 1. The average molecular weight is 249 g/mol. The summed E-state index contributed by atoms with van der Waals surface area (Å²) in [6.45, 7) is 0. The van der Waals surface area contributed by atoms with Crippen molar-refractivity contribution >= 4 is 23.2 Å². The minimum Gasteiger partial charge on any atom is -0.396 e. The number of aromatic nitrogens is 2. The number of pyridine rings is 2. The summed E-state index contributed by atoms with van der Waals surface area (Å²) < 4.78 is 0. The summed E-state index contributed by atoms with van der Waals surface area (Å²) in [5.41, 5.74) is 12.5. The molecular weight excluding hydrogens is 240 g/mol. The third-order valence-corrected chi connectivity index (χ3v) is 2.42. The van der Waals surface area contributed by atoms with Crippen LogP contribution in [0.25, 0.3) is 11.3 Å². The largest absolute Gasteiger partial charge is 0.396 e. The van der Waals surface area contributed by atoms with Crippen molar-refractivity contribution in [2.45, 2.75) is 0 Å². The van der Waals surface area contributed by atoms with Gasteiger partial charge in [0.15, 0.2) is 0 Å². The van der Waals surface area contributed by atoms with Gasteiger partial charge in [-0.3, -0.25) is 9.78 Å². The lowest BCUT2D eigenvalue weighted by molar-refractivity contribution is 0.100. The first-order chi connectivity index (χ1) is 8.09. The van der Waals surface area contributed by atoms with Crippen LogP contribution < -0.4 is 11.5 Å². The van der Waals surface area contributed by atoms with Gasteiger partial charge in [0, 0.05) is 18.0 Å². The Kier molecular flexibility index (Phi) is 2.93. The number of hydrogen-bond donors (Lipinski definition) is 2.